The molecule has 8 nitrogen and oxygen atoms in total. The fourth-order valence-corrected chi connectivity index (χ4v) is 2.18. The molecule has 0 aromatic rings. The fraction of sp³-hybridized carbons (Fsp3) is 1.00. The van der Waals surface area contributed by atoms with Gasteiger partial charge in [-0.15, -0.1) is 0 Å². The highest BCUT2D eigenvalue weighted by atomic mass is 32.3. The van der Waals surface area contributed by atoms with Crippen LogP contribution >= 0.6 is 0 Å². The van der Waals surface area contributed by atoms with Crippen LogP contribution in [0.25, 0.3) is 0 Å². The number of hydrogen-bond acceptors (Lipinski definition) is 7. The van der Waals surface area contributed by atoms with Crippen LogP contribution < -0.4 is 0 Å². The van der Waals surface area contributed by atoms with Gasteiger partial charge in [0.25, 0.3) is 0 Å². The fourth-order valence-electron chi connectivity index (χ4n) is 1.68. The van der Waals surface area contributed by atoms with Crippen LogP contribution in [0.15, 0.2) is 0 Å². The Morgan fingerprint density at radius 1 is 1.41 bits per heavy atom. The first-order chi connectivity index (χ1) is 7.87. The van der Waals surface area contributed by atoms with Crippen LogP contribution in [0.5, 0.6) is 0 Å². The molecule has 1 aliphatic rings. The summed E-state index contributed by atoms with van der Waals surface area (Å²) >= 11 is 0. The van der Waals surface area contributed by atoms with Crippen molar-refractivity contribution in [1.29, 1.82) is 0 Å². The van der Waals surface area contributed by atoms with Gasteiger partial charge in [-0.1, -0.05) is 0 Å². The second-order valence-corrected chi connectivity index (χ2v) is 4.65. The zero-order valence-corrected chi connectivity index (χ0v) is 10.3. The van der Waals surface area contributed by atoms with Crippen LogP contribution in [0, 0.1) is 0 Å². The third-order valence-electron chi connectivity index (χ3n) is 2.36. The smallest absolute Gasteiger partial charge is 0.382 e. The van der Waals surface area contributed by atoms with Gasteiger partial charge in [0.05, 0.1) is 18.8 Å². The molecule has 102 valence electrons. The van der Waals surface area contributed by atoms with E-state index in [1.165, 1.54) is 14.2 Å². The van der Waals surface area contributed by atoms with E-state index in [4.69, 9.17) is 18.8 Å². The van der Waals surface area contributed by atoms with Gasteiger partial charge >= 0.3 is 10.4 Å². The van der Waals surface area contributed by atoms with E-state index in [1.54, 1.807) is 0 Å². The molecule has 0 aromatic heterocycles. The van der Waals surface area contributed by atoms with Crippen molar-refractivity contribution in [3.63, 3.8) is 0 Å². The predicted octanol–water partition coefficient (Wildman–Crippen LogP) is -1.06. The zero-order chi connectivity index (χ0) is 13.1. The van der Waals surface area contributed by atoms with Gasteiger partial charge in [0.2, 0.25) is 0 Å². The summed E-state index contributed by atoms with van der Waals surface area (Å²) in [4.78, 5) is 0. The molecule has 4 atom stereocenters. The molecular weight excluding hydrogens is 256 g/mol. The molecule has 1 heterocycles. The number of hydrogen-bond donors (Lipinski definition) is 2. The van der Waals surface area contributed by atoms with Crippen LogP contribution in [-0.4, -0.2) is 63.5 Å². The van der Waals surface area contributed by atoms with E-state index in [-0.39, 0.29) is 13.0 Å². The molecule has 1 saturated heterocycles. The molecule has 0 amide bonds. The van der Waals surface area contributed by atoms with Crippen molar-refractivity contribution in [1.82, 2.24) is 0 Å². The summed E-state index contributed by atoms with van der Waals surface area (Å²) in [6.45, 7) is 0.232. The Balaban J connectivity index is 2.71. The average Bonchev–Trinajstić information content (AvgIpc) is 2.20. The van der Waals surface area contributed by atoms with Crippen LogP contribution in [0.4, 0.5) is 0 Å². The van der Waals surface area contributed by atoms with Crippen molar-refractivity contribution in [3.8, 4) is 0 Å². The molecule has 0 aliphatic carbocycles. The number of aliphatic hydroxyl groups is 1. The Morgan fingerprint density at radius 2 is 2.06 bits per heavy atom. The molecule has 9 heteroatoms. The van der Waals surface area contributed by atoms with E-state index in [1.807, 2.05) is 0 Å². The first-order valence-electron chi connectivity index (χ1n) is 4.88. The lowest BCUT2D eigenvalue weighted by atomic mass is 10.0. The monoisotopic (exact) mass is 272 g/mol. The molecular formula is C8H16O8S. The van der Waals surface area contributed by atoms with Gasteiger partial charge in [-0.2, -0.15) is 8.42 Å². The van der Waals surface area contributed by atoms with Crippen molar-refractivity contribution in [2.45, 2.75) is 31.0 Å². The highest BCUT2D eigenvalue weighted by Gasteiger charge is 2.41. The lowest BCUT2D eigenvalue weighted by Crippen LogP contribution is -2.52. The third kappa shape index (κ3) is 4.47. The Kier molecular flexibility index (Phi) is 5.25. The van der Waals surface area contributed by atoms with Crippen molar-refractivity contribution < 1.29 is 36.5 Å². The average molecular weight is 272 g/mol. The Morgan fingerprint density at radius 3 is 2.53 bits per heavy atom. The number of aliphatic hydroxyl groups excluding tert-OH is 1. The first-order valence-corrected chi connectivity index (χ1v) is 6.25. The normalized spacial score (nSPS) is 34.8. The molecule has 0 spiro atoms. The van der Waals surface area contributed by atoms with Gasteiger partial charge in [0.1, 0.15) is 0 Å². The van der Waals surface area contributed by atoms with Gasteiger partial charge in [-0.3, -0.25) is 4.55 Å². The minimum absolute atomic E-state index is 0.232. The van der Waals surface area contributed by atoms with Crippen LogP contribution in [-0.2, 0) is 28.8 Å². The van der Waals surface area contributed by atoms with Crippen molar-refractivity contribution in [2.75, 3.05) is 20.8 Å². The van der Waals surface area contributed by atoms with E-state index in [0.29, 0.717) is 0 Å². The molecule has 0 bridgehead atoms. The SMILES string of the molecule is COCC1CC(OC)C(OS(=O)(=O)O)[C@@H](O)O1. The van der Waals surface area contributed by atoms with Crippen LogP contribution in [0.1, 0.15) is 6.42 Å². The molecule has 1 aliphatic heterocycles. The van der Waals surface area contributed by atoms with Crippen molar-refractivity contribution in [2.24, 2.45) is 0 Å². The predicted molar refractivity (Wildman–Crippen MR) is 54.6 cm³/mol. The lowest BCUT2D eigenvalue weighted by molar-refractivity contribution is -0.250. The highest BCUT2D eigenvalue weighted by Crippen LogP contribution is 2.24. The summed E-state index contributed by atoms with van der Waals surface area (Å²) in [6, 6.07) is 0. The van der Waals surface area contributed by atoms with E-state index in [9.17, 15) is 13.5 Å². The second kappa shape index (κ2) is 6.05. The van der Waals surface area contributed by atoms with Gasteiger partial charge in [0.15, 0.2) is 12.4 Å². The Labute approximate surface area is 99.4 Å². The van der Waals surface area contributed by atoms with Gasteiger partial charge < -0.3 is 19.3 Å². The zero-order valence-electron chi connectivity index (χ0n) is 9.48. The minimum atomic E-state index is -4.68. The summed E-state index contributed by atoms with van der Waals surface area (Å²) in [5.41, 5.74) is 0. The van der Waals surface area contributed by atoms with Crippen molar-refractivity contribution >= 4 is 10.4 Å². The molecule has 1 rings (SSSR count). The number of rotatable bonds is 5. The molecule has 0 radical (unpaired) electrons. The summed E-state index contributed by atoms with van der Waals surface area (Å²) in [6.07, 6.45) is -3.69. The number of ether oxygens (including phenoxy) is 3. The molecule has 2 N–H and O–H groups in total. The lowest BCUT2D eigenvalue weighted by Gasteiger charge is -2.37. The maximum absolute atomic E-state index is 10.6. The van der Waals surface area contributed by atoms with Crippen LogP contribution in [0.2, 0.25) is 0 Å². The summed E-state index contributed by atoms with van der Waals surface area (Å²) < 4.78 is 49.0. The third-order valence-corrected chi connectivity index (χ3v) is 2.83. The molecule has 0 aromatic carbocycles. The summed E-state index contributed by atoms with van der Waals surface area (Å²) in [5, 5.41) is 9.57. The standard InChI is InChI=1S/C8H16O8S/c1-13-4-5-3-6(14-2)7(8(9)15-5)16-17(10,11)12/h5-9H,3-4H2,1-2H3,(H,10,11,12)/t5?,6?,7?,8-/m0/s1. The molecule has 17 heavy (non-hydrogen) atoms. The summed E-state index contributed by atoms with van der Waals surface area (Å²) in [7, 11) is -1.87. The maximum Gasteiger partial charge on any atom is 0.397 e. The highest BCUT2D eigenvalue weighted by molar-refractivity contribution is 7.80. The van der Waals surface area contributed by atoms with E-state index in [2.05, 4.69) is 4.18 Å². The van der Waals surface area contributed by atoms with Gasteiger partial charge in [-0.05, 0) is 0 Å². The molecule has 3 unspecified atom stereocenters. The Hall–Kier alpha value is -0.290. The van der Waals surface area contributed by atoms with Gasteiger partial charge in [0, 0.05) is 20.6 Å². The molecule has 0 saturated carbocycles. The van der Waals surface area contributed by atoms with E-state index in [0.717, 1.165) is 0 Å². The minimum Gasteiger partial charge on any atom is -0.382 e. The molecule has 1 fully saturated rings. The van der Waals surface area contributed by atoms with E-state index >= 15 is 0 Å². The summed E-state index contributed by atoms with van der Waals surface area (Å²) in [5.74, 6) is 0. The quantitative estimate of drug-likeness (QED) is 0.609. The van der Waals surface area contributed by atoms with E-state index < -0.39 is 35.0 Å². The van der Waals surface area contributed by atoms with Crippen LogP contribution in [0.3, 0.4) is 0 Å². The second-order valence-electron chi connectivity index (χ2n) is 3.60. The Bertz CT molecular complexity index is 328. The first kappa shape index (κ1) is 14.8. The van der Waals surface area contributed by atoms with Crippen molar-refractivity contribution in [3.05, 3.63) is 0 Å². The van der Waals surface area contributed by atoms with Gasteiger partial charge in [-0.25, -0.2) is 4.18 Å². The largest absolute Gasteiger partial charge is 0.397 e. The maximum atomic E-state index is 10.6. The number of methoxy groups -OCH3 is 2. The topological polar surface area (TPSA) is 112 Å².